The molecule has 196 valence electrons. The summed E-state index contributed by atoms with van der Waals surface area (Å²) in [5, 5.41) is 24.0. The molecule has 0 saturated carbocycles. The Morgan fingerprint density at radius 3 is 2.59 bits per heavy atom. The lowest BCUT2D eigenvalue weighted by Crippen LogP contribution is -2.55. The van der Waals surface area contributed by atoms with Gasteiger partial charge in [0.1, 0.15) is 18.5 Å². The number of aldehydes is 1. The van der Waals surface area contributed by atoms with E-state index in [4.69, 9.17) is 32.7 Å². The quantitative estimate of drug-likeness (QED) is 0.432. The van der Waals surface area contributed by atoms with Crippen LogP contribution in [0.15, 0.2) is 42.0 Å². The van der Waals surface area contributed by atoms with E-state index in [0.29, 0.717) is 38.8 Å². The monoisotopic (exact) mass is 548 g/mol. The number of methoxy groups -OCH3 is 1. The Bertz CT molecular complexity index is 1270. The van der Waals surface area contributed by atoms with E-state index in [2.05, 4.69) is 5.32 Å². The number of carbonyl (C=O) groups is 3. The number of aliphatic hydroxyl groups is 2. The third-order valence-electron chi connectivity index (χ3n) is 6.51. The molecule has 0 radical (unpaired) electrons. The largest absolute Gasteiger partial charge is 0.493 e. The van der Waals surface area contributed by atoms with Gasteiger partial charge >= 0.3 is 0 Å². The normalized spacial score (nSPS) is 21.7. The molecule has 0 fully saturated rings. The van der Waals surface area contributed by atoms with Gasteiger partial charge in [-0.1, -0.05) is 29.3 Å². The van der Waals surface area contributed by atoms with Gasteiger partial charge in [0.25, 0.3) is 0 Å². The van der Waals surface area contributed by atoms with Crippen LogP contribution in [-0.2, 0) is 16.1 Å². The first kappa shape index (κ1) is 26.9. The number of aliphatic hydroxyl groups excluding tert-OH is 2. The topological polar surface area (TPSA) is 125 Å². The number of carbonyl (C=O) groups excluding carboxylic acids is 3. The number of rotatable bonds is 8. The highest BCUT2D eigenvalue weighted by Crippen LogP contribution is 2.51. The van der Waals surface area contributed by atoms with Gasteiger partial charge in [-0.15, -0.1) is 0 Å². The summed E-state index contributed by atoms with van der Waals surface area (Å²) in [6, 6.07) is 7.12. The maximum absolute atomic E-state index is 13.2. The molecule has 0 bridgehead atoms. The van der Waals surface area contributed by atoms with E-state index >= 15 is 0 Å². The van der Waals surface area contributed by atoms with Crippen molar-refractivity contribution in [2.24, 2.45) is 0 Å². The number of nitrogens with one attached hydrogen (secondary N) is 1. The zero-order valence-electron chi connectivity index (χ0n) is 20.1. The lowest BCUT2D eigenvalue weighted by molar-refractivity contribution is -0.135. The van der Waals surface area contributed by atoms with Crippen LogP contribution in [0.25, 0.3) is 0 Å². The van der Waals surface area contributed by atoms with Crippen LogP contribution >= 0.6 is 23.2 Å². The van der Waals surface area contributed by atoms with Gasteiger partial charge in [-0.25, -0.2) is 0 Å². The predicted octanol–water partition coefficient (Wildman–Crippen LogP) is 2.49. The molecule has 0 unspecified atom stereocenters. The van der Waals surface area contributed by atoms with Crippen molar-refractivity contribution >= 4 is 41.3 Å². The van der Waals surface area contributed by atoms with Gasteiger partial charge in [0.05, 0.1) is 35.7 Å². The molecule has 2 aliphatic rings. The molecule has 2 amide bonds. The summed E-state index contributed by atoms with van der Waals surface area (Å²) in [6.07, 6.45) is 0.00664. The minimum absolute atomic E-state index is 0.00584. The zero-order valence-corrected chi connectivity index (χ0v) is 21.6. The van der Waals surface area contributed by atoms with Crippen molar-refractivity contribution in [2.45, 2.75) is 37.6 Å². The molecule has 0 aromatic heterocycles. The Balaban J connectivity index is 1.80. The van der Waals surface area contributed by atoms with E-state index in [0.717, 1.165) is 0 Å². The van der Waals surface area contributed by atoms with Crippen LogP contribution in [0.2, 0.25) is 10.0 Å². The van der Waals surface area contributed by atoms with E-state index in [-0.39, 0.29) is 36.9 Å². The Morgan fingerprint density at radius 1 is 1.22 bits per heavy atom. The lowest BCUT2D eigenvalue weighted by atomic mass is 9.77. The highest BCUT2D eigenvalue weighted by Gasteiger charge is 2.51. The summed E-state index contributed by atoms with van der Waals surface area (Å²) < 4.78 is 11.5. The first-order chi connectivity index (χ1) is 17.7. The molecule has 0 spiro atoms. The summed E-state index contributed by atoms with van der Waals surface area (Å²) in [6.45, 7) is 1.18. The van der Waals surface area contributed by atoms with Gasteiger partial charge in [0, 0.05) is 36.7 Å². The molecule has 2 aromatic rings. The molecular formula is C26H26Cl2N2O7. The standard InChI is InChI=1S/C26H26Cl2N2O7/c1-13(33)30(11-14-3-4-18(27)19(28)8-14)20-10-17(26(35)29-5-6-31)22-16-7-15(12-32)9-21(36-2)24(16)37-25(22)23(20)34/h3-4,7-10,12,20,22-23,25,31,34H,5-6,11H2,1-2H3,(H,29,35)/t20-,22+,23+,25+/m1/s1. The second-order valence-corrected chi connectivity index (χ2v) is 9.61. The van der Waals surface area contributed by atoms with Gasteiger partial charge in [0.2, 0.25) is 11.8 Å². The van der Waals surface area contributed by atoms with Crippen molar-refractivity contribution in [3.05, 3.63) is 68.7 Å². The highest BCUT2D eigenvalue weighted by atomic mass is 35.5. The highest BCUT2D eigenvalue weighted by molar-refractivity contribution is 6.42. The fraction of sp³-hybridized carbons (Fsp3) is 0.346. The number of hydrogen-bond acceptors (Lipinski definition) is 7. The SMILES string of the molecule is COc1cc(C=O)cc2c1O[C@@H]1[C@@H](O)[C@H](N(Cc3ccc(Cl)c(Cl)c3)C(C)=O)C=C(C(=O)NCCO)[C@H]21. The summed E-state index contributed by atoms with van der Waals surface area (Å²) >= 11 is 12.2. The van der Waals surface area contributed by atoms with Gasteiger partial charge in [0.15, 0.2) is 11.5 Å². The van der Waals surface area contributed by atoms with Crippen molar-refractivity contribution in [1.29, 1.82) is 0 Å². The molecule has 37 heavy (non-hydrogen) atoms. The average molecular weight is 549 g/mol. The number of nitrogens with zero attached hydrogens (tertiary/aromatic N) is 1. The molecule has 1 heterocycles. The maximum atomic E-state index is 13.2. The molecule has 1 aliphatic heterocycles. The van der Waals surface area contributed by atoms with E-state index in [1.165, 1.54) is 31.1 Å². The first-order valence-corrected chi connectivity index (χ1v) is 12.3. The molecule has 4 atom stereocenters. The number of hydrogen-bond donors (Lipinski definition) is 3. The number of fused-ring (bicyclic) bond motifs is 3. The molecular weight excluding hydrogens is 523 g/mol. The predicted molar refractivity (Wildman–Crippen MR) is 136 cm³/mol. The van der Waals surface area contributed by atoms with Gasteiger partial charge in [-0.2, -0.15) is 0 Å². The Morgan fingerprint density at radius 2 is 1.97 bits per heavy atom. The lowest BCUT2D eigenvalue weighted by Gasteiger charge is -2.40. The smallest absolute Gasteiger partial charge is 0.247 e. The number of benzene rings is 2. The van der Waals surface area contributed by atoms with Crippen molar-refractivity contribution in [2.75, 3.05) is 20.3 Å². The molecule has 3 N–H and O–H groups in total. The van der Waals surface area contributed by atoms with Crippen molar-refractivity contribution in [3.8, 4) is 11.5 Å². The van der Waals surface area contributed by atoms with Crippen LogP contribution < -0.4 is 14.8 Å². The third kappa shape index (κ3) is 5.17. The molecule has 1 aliphatic carbocycles. The van der Waals surface area contributed by atoms with Crippen molar-refractivity contribution < 1.29 is 34.1 Å². The second kappa shape index (κ2) is 11.1. The first-order valence-electron chi connectivity index (χ1n) is 11.5. The van der Waals surface area contributed by atoms with Crippen LogP contribution in [-0.4, -0.2) is 71.7 Å². The molecule has 11 heteroatoms. The molecule has 0 saturated heterocycles. The fourth-order valence-corrected chi connectivity index (χ4v) is 5.14. The van der Waals surface area contributed by atoms with Gasteiger partial charge in [-0.3, -0.25) is 14.4 Å². The molecule has 9 nitrogen and oxygen atoms in total. The third-order valence-corrected chi connectivity index (χ3v) is 7.25. The zero-order chi connectivity index (χ0) is 26.9. The minimum Gasteiger partial charge on any atom is -0.493 e. The Hall–Kier alpha value is -3.11. The molecule has 4 rings (SSSR count). The summed E-state index contributed by atoms with van der Waals surface area (Å²) in [7, 11) is 1.42. The van der Waals surface area contributed by atoms with E-state index < -0.39 is 30.1 Å². The Labute approximate surface area is 223 Å². The fourth-order valence-electron chi connectivity index (χ4n) is 4.82. The Kier molecular flexibility index (Phi) is 8.08. The second-order valence-electron chi connectivity index (χ2n) is 8.80. The van der Waals surface area contributed by atoms with E-state index in [1.54, 1.807) is 24.3 Å². The maximum Gasteiger partial charge on any atom is 0.247 e. The van der Waals surface area contributed by atoms with E-state index in [9.17, 15) is 24.6 Å². The minimum atomic E-state index is -1.23. The van der Waals surface area contributed by atoms with Crippen molar-refractivity contribution in [1.82, 2.24) is 10.2 Å². The summed E-state index contributed by atoms with van der Waals surface area (Å²) in [5.74, 6) is -0.996. The number of ether oxygens (including phenoxy) is 2. The summed E-state index contributed by atoms with van der Waals surface area (Å²) in [4.78, 5) is 39.0. The number of halogens is 2. The van der Waals surface area contributed by atoms with Crippen molar-refractivity contribution in [3.63, 3.8) is 0 Å². The average Bonchev–Trinajstić information content (AvgIpc) is 3.27. The van der Waals surface area contributed by atoms with E-state index in [1.807, 2.05) is 0 Å². The van der Waals surface area contributed by atoms with Crippen LogP contribution in [0, 0.1) is 0 Å². The summed E-state index contributed by atoms with van der Waals surface area (Å²) in [5.41, 5.74) is 1.73. The number of amides is 2. The van der Waals surface area contributed by atoms with Crippen LogP contribution in [0.4, 0.5) is 0 Å². The van der Waals surface area contributed by atoms with Crippen LogP contribution in [0.5, 0.6) is 11.5 Å². The molecule has 2 aromatic carbocycles. The van der Waals surface area contributed by atoms with Gasteiger partial charge in [-0.05, 0) is 35.9 Å². The van der Waals surface area contributed by atoms with Crippen LogP contribution in [0.1, 0.15) is 34.3 Å². The van der Waals surface area contributed by atoms with Gasteiger partial charge < -0.3 is 29.9 Å². The van der Waals surface area contributed by atoms with Crippen LogP contribution in [0.3, 0.4) is 0 Å².